The van der Waals surface area contributed by atoms with Gasteiger partial charge in [0, 0.05) is 41.9 Å². The van der Waals surface area contributed by atoms with Gasteiger partial charge >= 0.3 is 0 Å². The molecule has 0 unspecified atom stereocenters. The zero-order valence-electron chi connectivity index (χ0n) is 31.3. The second-order valence-corrected chi connectivity index (χ2v) is 10.4. The van der Waals surface area contributed by atoms with Crippen molar-refractivity contribution in [2.45, 2.75) is 66.0 Å². The van der Waals surface area contributed by atoms with E-state index >= 15 is 0 Å². The largest absolute Gasteiger partial charge is 0.437 e. The third kappa shape index (κ3) is 4.01. The maximum absolute atomic E-state index is 9.26. The molecule has 0 atom stereocenters. The molecule has 1 aliphatic carbocycles. The lowest BCUT2D eigenvalue weighted by molar-refractivity contribution is 0.224. The molecule has 1 saturated carbocycles. The topological polar surface area (TPSA) is 38.9 Å². The van der Waals surface area contributed by atoms with Crippen LogP contribution in [0.15, 0.2) is 65.2 Å². The second-order valence-electron chi connectivity index (χ2n) is 10.4. The summed E-state index contributed by atoms with van der Waals surface area (Å²) in [6, 6.07) is 12.5. The molecule has 3 heteroatoms. The van der Waals surface area contributed by atoms with Gasteiger partial charge in [0.05, 0.1) is 7.06 Å². The molecule has 5 aromatic rings. The van der Waals surface area contributed by atoms with E-state index in [0.717, 1.165) is 12.8 Å². The maximum Gasteiger partial charge on any atom is 0.227 e. The Balaban J connectivity index is 1.57. The summed E-state index contributed by atoms with van der Waals surface area (Å²) in [5, 5.41) is 1.22. The van der Waals surface area contributed by atoms with Crippen LogP contribution in [0.3, 0.4) is 0 Å². The molecule has 3 aromatic heterocycles. The Hall–Kier alpha value is -3.46. The highest BCUT2D eigenvalue weighted by Gasteiger charge is 2.27. The van der Waals surface area contributed by atoms with Crippen molar-refractivity contribution in [2.75, 3.05) is 0 Å². The van der Waals surface area contributed by atoms with Crippen molar-refractivity contribution in [1.29, 1.82) is 0 Å². The molecule has 0 saturated heterocycles. The molecule has 6 rings (SSSR count). The van der Waals surface area contributed by atoms with Crippen molar-refractivity contribution in [3.05, 3.63) is 83.2 Å². The Kier molecular flexibility index (Phi) is 3.28. The zero-order valence-corrected chi connectivity index (χ0v) is 20.3. The van der Waals surface area contributed by atoms with Gasteiger partial charge in [0.15, 0.2) is 0 Å². The van der Waals surface area contributed by atoms with Crippen LogP contribution >= 0.6 is 0 Å². The predicted octanol–water partition coefficient (Wildman–Crippen LogP) is 9.32. The quantitative estimate of drug-likeness (QED) is 0.255. The van der Waals surface area contributed by atoms with E-state index < -0.39 is 26.4 Å². The fraction of sp³-hybridized carbons (Fsp3) is 0.333. The van der Waals surface area contributed by atoms with E-state index in [2.05, 4.69) is 23.8 Å². The molecule has 0 amide bonds. The summed E-state index contributed by atoms with van der Waals surface area (Å²) in [7, 11) is 0. The molecule has 182 valence electrons. The monoisotopic (exact) mass is 485 g/mol. The van der Waals surface area contributed by atoms with Gasteiger partial charge in [0.1, 0.15) is 5.58 Å². The number of nitrogens with zero attached hydrogens (tertiary/aromatic N) is 2. The van der Waals surface area contributed by atoms with Crippen LogP contribution < -0.4 is 0 Å². The lowest BCUT2D eigenvalue weighted by Gasteiger charge is -2.34. The molecule has 0 bridgehead atoms. The summed E-state index contributed by atoms with van der Waals surface area (Å²) < 4.78 is 97.7. The first-order chi connectivity index (χ1) is 21.7. The molecule has 3 nitrogen and oxygen atoms in total. The van der Waals surface area contributed by atoms with Crippen LogP contribution in [-0.2, 0) is 0 Å². The van der Waals surface area contributed by atoms with Crippen LogP contribution in [0.2, 0.25) is 0 Å². The van der Waals surface area contributed by atoms with E-state index in [-0.39, 0.29) is 50.8 Å². The number of para-hydroxylation sites is 1. The SMILES string of the molecule is [2H]c1cc(C2([2H])CCC(C)(C)CC2)cc(C([2H])([2H])[2H])c1-c1cc(-c2cccc3c2oc2nc(C([2H])([2H])[2H])ccc23)ncc1C([2H])([2H])[2H]. The molecule has 0 radical (unpaired) electrons. The smallest absolute Gasteiger partial charge is 0.227 e. The number of furan rings is 1. The van der Waals surface area contributed by atoms with Gasteiger partial charge < -0.3 is 4.42 Å². The van der Waals surface area contributed by atoms with Gasteiger partial charge in [-0.05, 0) is 110 Å². The first kappa shape index (κ1) is 13.7. The van der Waals surface area contributed by atoms with Crippen molar-refractivity contribution in [3.8, 4) is 22.4 Å². The predicted molar refractivity (Wildman–Crippen MR) is 149 cm³/mol. The summed E-state index contributed by atoms with van der Waals surface area (Å²) in [6.07, 6.45) is 3.78. The number of pyridine rings is 2. The highest BCUT2D eigenvalue weighted by atomic mass is 16.3. The van der Waals surface area contributed by atoms with Gasteiger partial charge in [-0.25, -0.2) is 4.98 Å². The third-order valence-electron chi connectivity index (χ3n) is 7.37. The van der Waals surface area contributed by atoms with E-state index in [1.807, 2.05) is 0 Å². The van der Waals surface area contributed by atoms with Gasteiger partial charge in [-0.15, -0.1) is 0 Å². The number of hydrogen-bond donors (Lipinski definition) is 0. The zero-order chi connectivity index (χ0) is 34.3. The Bertz CT molecular complexity index is 2010. The van der Waals surface area contributed by atoms with Gasteiger partial charge in [0.2, 0.25) is 5.71 Å². The minimum Gasteiger partial charge on any atom is -0.437 e. The average Bonchev–Trinajstić information content (AvgIpc) is 3.35. The second kappa shape index (κ2) is 8.58. The maximum atomic E-state index is 9.26. The van der Waals surface area contributed by atoms with Gasteiger partial charge in [-0.3, -0.25) is 4.98 Å². The number of fused-ring (bicyclic) bond motifs is 3. The molecular formula is C33H34N2O. The lowest BCUT2D eigenvalue weighted by Crippen LogP contribution is -2.20. The average molecular weight is 486 g/mol. The fourth-order valence-corrected chi connectivity index (χ4v) is 5.13. The van der Waals surface area contributed by atoms with Crippen LogP contribution in [0.1, 0.15) is 82.9 Å². The summed E-state index contributed by atoms with van der Waals surface area (Å²) in [4.78, 5) is 8.67. The normalized spacial score (nSPS) is 22.6. The Morgan fingerprint density at radius 3 is 2.61 bits per heavy atom. The Morgan fingerprint density at radius 2 is 1.81 bits per heavy atom. The number of benzene rings is 2. The van der Waals surface area contributed by atoms with Gasteiger partial charge in [-0.2, -0.15) is 0 Å². The molecule has 1 aliphatic rings. The van der Waals surface area contributed by atoms with Crippen molar-refractivity contribution < 1.29 is 19.5 Å². The third-order valence-corrected chi connectivity index (χ3v) is 7.37. The van der Waals surface area contributed by atoms with Gasteiger partial charge in [-0.1, -0.05) is 44.2 Å². The summed E-state index contributed by atoms with van der Waals surface area (Å²) >= 11 is 0. The van der Waals surface area contributed by atoms with Gasteiger partial charge in [0.25, 0.3) is 0 Å². The van der Waals surface area contributed by atoms with Crippen LogP contribution in [-0.4, -0.2) is 9.97 Å². The molecule has 1 fully saturated rings. The first-order valence-corrected chi connectivity index (χ1v) is 12.2. The Morgan fingerprint density at radius 1 is 0.944 bits per heavy atom. The highest BCUT2D eigenvalue weighted by Crippen LogP contribution is 2.43. The minimum absolute atomic E-state index is 0.0254. The van der Waals surface area contributed by atoms with Crippen molar-refractivity contribution in [1.82, 2.24) is 9.97 Å². The van der Waals surface area contributed by atoms with Crippen LogP contribution in [0.5, 0.6) is 0 Å². The number of aryl methyl sites for hydroxylation is 3. The lowest BCUT2D eigenvalue weighted by atomic mass is 9.71. The molecular weight excluding hydrogens is 440 g/mol. The highest BCUT2D eigenvalue weighted by molar-refractivity contribution is 6.08. The molecule has 2 aromatic carbocycles. The number of rotatable bonds is 3. The van der Waals surface area contributed by atoms with E-state index in [1.54, 1.807) is 24.3 Å². The van der Waals surface area contributed by atoms with Crippen molar-refractivity contribution >= 4 is 22.1 Å². The standard InChI is InChI=1S/C33H34N2O/c1-20-17-24(23-13-15-33(4,5)16-14-23)10-12-25(20)29-18-30(34-19-21(29)2)28-8-6-7-26-27-11-9-22(3)35-32(27)36-31(26)28/h6-12,17-19,23H,13-16H2,1-5H3/i1D3,2D3,3D3,12D,23D. The molecule has 3 heterocycles. The van der Waals surface area contributed by atoms with E-state index in [1.165, 1.54) is 30.5 Å². The molecule has 0 aliphatic heterocycles. The van der Waals surface area contributed by atoms with Crippen LogP contribution in [0.4, 0.5) is 0 Å². The van der Waals surface area contributed by atoms with E-state index in [4.69, 9.17) is 18.1 Å². The summed E-state index contributed by atoms with van der Waals surface area (Å²) in [5.41, 5.74) is 1.12. The number of aromatic nitrogens is 2. The molecule has 36 heavy (non-hydrogen) atoms. The van der Waals surface area contributed by atoms with Crippen molar-refractivity contribution in [3.63, 3.8) is 0 Å². The fourth-order valence-electron chi connectivity index (χ4n) is 5.13. The summed E-state index contributed by atoms with van der Waals surface area (Å²) in [5.74, 6) is -1.06. The number of hydrogen-bond acceptors (Lipinski definition) is 3. The Labute approximate surface area is 229 Å². The van der Waals surface area contributed by atoms with Crippen molar-refractivity contribution in [2.24, 2.45) is 5.41 Å². The van der Waals surface area contributed by atoms with E-state index in [0.29, 0.717) is 40.3 Å². The first-order valence-electron chi connectivity index (χ1n) is 17.7. The minimum atomic E-state index is -2.72. The summed E-state index contributed by atoms with van der Waals surface area (Å²) in [6.45, 7) is -3.55. The van der Waals surface area contributed by atoms with Crippen LogP contribution in [0, 0.1) is 26.0 Å². The van der Waals surface area contributed by atoms with E-state index in [9.17, 15) is 1.37 Å². The molecule has 0 N–H and O–H groups in total. The molecule has 0 spiro atoms. The van der Waals surface area contributed by atoms with Crippen LogP contribution in [0.25, 0.3) is 44.5 Å².